The SMILES string of the molecule is CCCc1ccc2cc(C#Cc3cc(F)c(F)c(F)c3)c(F)cc2c1. The smallest absolute Gasteiger partial charge is 0.194 e. The Hall–Kier alpha value is -2.80. The highest BCUT2D eigenvalue weighted by molar-refractivity contribution is 5.84. The minimum atomic E-state index is -1.55. The zero-order valence-corrected chi connectivity index (χ0v) is 13.5. The molecule has 25 heavy (non-hydrogen) atoms. The van der Waals surface area contributed by atoms with Crippen LogP contribution in [0.3, 0.4) is 0 Å². The van der Waals surface area contributed by atoms with Crippen molar-refractivity contribution in [1.29, 1.82) is 0 Å². The van der Waals surface area contributed by atoms with Crippen LogP contribution < -0.4 is 0 Å². The molecule has 0 aliphatic carbocycles. The number of aryl methyl sites for hydroxylation is 1. The Morgan fingerprint density at radius 2 is 1.48 bits per heavy atom. The Morgan fingerprint density at radius 1 is 0.760 bits per heavy atom. The molecule has 0 aromatic heterocycles. The van der Waals surface area contributed by atoms with Gasteiger partial charge in [0.25, 0.3) is 0 Å². The van der Waals surface area contributed by atoms with E-state index in [1.54, 1.807) is 6.07 Å². The molecule has 0 radical (unpaired) electrons. The highest BCUT2D eigenvalue weighted by Crippen LogP contribution is 2.21. The van der Waals surface area contributed by atoms with Gasteiger partial charge in [0, 0.05) is 5.56 Å². The van der Waals surface area contributed by atoms with Gasteiger partial charge in [-0.15, -0.1) is 0 Å². The molecule has 0 aliphatic heterocycles. The minimum Gasteiger partial charge on any atom is -0.206 e. The predicted molar refractivity (Wildman–Crippen MR) is 90.2 cm³/mol. The van der Waals surface area contributed by atoms with Crippen molar-refractivity contribution in [3.05, 3.63) is 82.4 Å². The van der Waals surface area contributed by atoms with Gasteiger partial charge in [0.1, 0.15) is 5.82 Å². The summed E-state index contributed by atoms with van der Waals surface area (Å²) in [7, 11) is 0. The maximum atomic E-state index is 14.3. The predicted octanol–water partition coefficient (Wildman–Crippen LogP) is 5.75. The molecule has 0 unspecified atom stereocenters. The Kier molecular flexibility index (Phi) is 4.76. The number of rotatable bonds is 2. The van der Waals surface area contributed by atoms with E-state index >= 15 is 0 Å². The summed E-state index contributed by atoms with van der Waals surface area (Å²) in [5, 5.41) is 1.59. The molecule has 3 rings (SSSR count). The van der Waals surface area contributed by atoms with E-state index < -0.39 is 23.3 Å². The van der Waals surface area contributed by atoms with Crippen LogP contribution in [0, 0.1) is 35.1 Å². The van der Waals surface area contributed by atoms with Crippen LogP contribution in [0.2, 0.25) is 0 Å². The van der Waals surface area contributed by atoms with Gasteiger partial charge in [0.05, 0.1) is 5.56 Å². The third kappa shape index (κ3) is 3.66. The summed E-state index contributed by atoms with van der Waals surface area (Å²) in [5.74, 6) is 0.303. The largest absolute Gasteiger partial charge is 0.206 e. The summed E-state index contributed by atoms with van der Waals surface area (Å²) in [5.41, 5.74) is 1.18. The van der Waals surface area contributed by atoms with E-state index in [4.69, 9.17) is 0 Å². The van der Waals surface area contributed by atoms with E-state index in [1.165, 1.54) is 6.07 Å². The lowest BCUT2D eigenvalue weighted by molar-refractivity contribution is 0.446. The van der Waals surface area contributed by atoms with Crippen LogP contribution in [0.5, 0.6) is 0 Å². The second-order valence-corrected chi connectivity index (χ2v) is 5.77. The standard InChI is InChI=1S/C21H14F4/c1-2-3-13-4-6-15-11-16(18(22)12-17(15)8-13)7-5-14-9-19(23)21(25)20(24)10-14/h4,6,8-12H,2-3H2,1H3. The average molecular weight is 342 g/mol. The average Bonchev–Trinajstić information content (AvgIpc) is 2.58. The summed E-state index contributed by atoms with van der Waals surface area (Å²) in [6.07, 6.45) is 1.92. The van der Waals surface area contributed by atoms with Crippen LogP contribution in [-0.4, -0.2) is 0 Å². The van der Waals surface area contributed by atoms with Crippen LogP contribution >= 0.6 is 0 Å². The van der Waals surface area contributed by atoms with Crippen LogP contribution in [0.15, 0.2) is 42.5 Å². The number of benzene rings is 3. The molecule has 0 saturated carbocycles. The van der Waals surface area contributed by atoms with Crippen LogP contribution in [0.25, 0.3) is 10.8 Å². The van der Waals surface area contributed by atoms with Crippen molar-refractivity contribution in [1.82, 2.24) is 0 Å². The second-order valence-electron chi connectivity index (χ2n) is 5.77. The number of fused-ring (bicyclic) bond motifs is 1. The lowest BCUT2D eigenvalue weighted by Crippen LogP contribution is -1.92. The van der Waals surface area contributed by atoms with Crippen molar-refractivity contribution in [3.63, 3.8) is 0 Å². The summed E-state index contributed by atoms with van der Waals surface area (Å²) < 4.78 is 53.6. The minimum absolute atomic E-state index is 0.0609. The Bertz CT molecular complexity index is 987. The fourth-order valence-corrected chi connectivity index (χ4v) is 2.63. The molecular formula is C21H14F4. The topological polar surface area (TPSA) is 0 Å². The van der Waals surface area contributed by atoms with Crippen molar-refractivity contribution in [3.8, 4) is 11.8 Å². The zero-order valence-electron chi connectivity index (χ0n) is 13.5. The molecular weight excluding hydrogens is 328 g/mol. The number of halogens is 4. The first-order chi connectivity index (χ1) is 12.0. The maximum Gasteiger partial charge on any atom is 0.194 e. The normalized spacial score (nSPS) is 10.6. The van der Waals surface area contributed by atoms with Crippen molar-refractivity contribution >= 4 is 10.8 Å². The van der Waals surface area contributed by atoms with Crippen LogP contribution in [-0.2, 0) is 6.42 Å². The molecule has 0 amide bonds. The van der Waals surface area contributed by atoms with Gasteiger partial charge in [-0.05, 0) is 47.0 Å². The fourth-order valence-electron chi connectivity index (χ4n) is 2.63. The monoisotopic (exact) mass is 342 g/mol. The first-order valence-electron chi connectivity index (χ1n) is 7.86. The van der Waals surface area contributed by atoms with Gasteiger partial charge >= 0.3 is 0 Å². The van der Waals surface area contributed by atoms with Crippen molar-refractivity contribution in [2.45, 2.75) is 19.8 Å². The van der Waals surface area contributed by atoms with Gasteiger partial charge in [-0.2, -0.15) is 0 Å². The van der Waals surface area contributed by atoms with Gasteiger partial charge in [0.15, 0.2) is 17.5 Å². The molecule has 0 nitrogen and oxygen atoms in total. The van der Waals surface area contributed by atoms with Crippen molar-refractivity contribution in [2.75, 3.05) is 0 Å². The third-order valence-corrected chi connectivity index (χ3v) is 3.85. The maximum absolute atomic E-state index is 14.3. The van der Waals surface area contributed by atoms with Crippen molar-refractivity contribution < 1.29 is 17.6 Å². The zero-order chi connectivity index (χ0) is 18.0. The quantitative estimate of drug-likeness (QED) is 0.316. The molecule has 0 fully saturated rings. The van der Waals surface area contributed by atoms with Crippen LogP contribution in [0.4, 0.5) is 17.6 Å². The van der Waals surface area contributed by atoms with E-state index in [9.17, 15) is 17.6 Å². The molecule has 126 valence electrons. The van der Waals surface area contributed by atoms with E-state index in [1.807, 2.05) is 18.2 Å². The van der Waals surface area contributed by atoms with Crippen molar-refractivity contribution in [2.24, 2.45) is 0 Å². The number of hydrogen-bond donors (Lipinski definition) is 0. The van der Waals surface area contributed by atoms with E-state index in [-0.39, 0.29) is 11.1 Å². The first kappa shape index (κ1) is 17.0. The first-order valence-corrected chi connectivity index (χ1v) is 7.86. The molecule has 0 N–H and O–H groups in total. The molecule has 4 heteroatoms. The third-order valence-electron chi connectivity index (χ3n) is 3.85. The van der Waals surface area contributed by atoms with E-state index in [0.717, 1.165) is 41.3 Å². The summed E-state index contributed by atoms with van der Waals surface area (Å²) in [4.78, 5) is 0. The molecule has 0 aliphatic rings. The summed E-state index contributed by atoms with van der Waals surface area (Å²) in [6, 6.07) is 10.3. The Morgan fingerprint density at radius 3 is 2.16 bits per heavy atom. The van der Waals surface area contributed by atoms with Gasteiger partial charge in [-0.1, -0.05) is 43.4 Å². The molecule has 0 bridgehead atoms. The van der Waals surface area contributed by atoms with E-state index in [2.05, 4.69) is 18.8 Å². The molecule has 0 spiro atoms. The molecule has 0 saturated heterocycles. The lowest BCUT2D eigenvalue weighted by atomic mass is 10.0. The fraction of sp³-hybridized carbons (Fsp3) is 0.143. The Labute approximate surface area is 143 Å². The summed E-state index contributed by atoms with van der Waals surface area (Å²) in [6.45, 7) is 2.07. The Balaban J connectivity index is 2.00. The highest BCUT2D eigenvalue weighted by Gasteiger charge is 2.09. The molecule has 3 aromatic carbocycles. The lowest BCUT2D eigenvalue weighted by Gasteiger charge is -2.04. The van der Waals surface area contributed by atoms with Gasteiger partial charge < -0.3 is 0 Å². The molecule has 3 aromatic rings. The summed E-state index contributed by atoms with van der Waals surface area (Å²) >= 11 is 0. The van der Waals surface area contributed by atoms with Gasteiger partial charge in [-0.3, -0.25) is 0 Å². The van der Waals surface area contributed by atoms with E-state index in [0.29, 0.717) is 0 Å². The van der Waals surface area contributed by atoms with Gasteiger partial charge in [-0.25, -0.2) is 17.6 Å². The number of hydrogen-bond acceptors (Lipinski definition) is 0. The van der Waals surface area contributed by atoms with Crippen LogP contribution in [0.1, 0.15) is 30.0 Å². The molecule has 0 atom stereocenters. The second kappa shape index (κ2) is 6.98. The van der Waals surface area contributed by atoms with Gasteiger partial charge in [0.2, 0.25) is 0 Å². The molecule has 0 heterocycles. The highest BCUT2D eigenvalue weighted by atomic mass is 19.2.